The minimum Gasteiger partial charge on any atom is -0.481 e. The van der Waals surface area contributed by atoms with Crippen LogP contribution in [0.5, 0.6) is 0 Å². The molecule has 1 aliphatic heterocycles. The van der Waals surface area contributed by atoms with Gasteiger partial charge in [-0.2, -0.15) is 5.10 Å². The van der Waals surface area contributed by atoms with Gasteiger partial charge in [-0.1, -0.05) is 13.8 Å². The quantitative estimate of drug-likeness (QED) is 0.920. The van der Waals surface area contributed by atoms with Gasteiger partial charge in [-0.05, 0) is 31.7 Å². The van der Waals surface area contributed by atoms with Crippen LogP contribution in [0.4, 0.5) is 0 Å². The first kappa shape index (κ1) is 15.5. The number of nitrogens with zero attached hydrogens (tertiary/aromatic N) is 3. The highest BCUT2D eigenvalue weighted by Gasteiger charge is 2.30. The largest absolute Gasteiger partial charge is 0.481 e. The van der Waals surface area contributed by atoms with Crippen LogP contribution in [0.3, 0.4) is 0 Å². The van der Waals surface area contributed by atoms with Crippen LogP contribution in [0, 0.1) is 5.92 Å². The molecular weight excluding hydrogens is 270 g/mol. The van der Waals surface area contributed by atoms with E-state index >= 15 is 0 Å². The number of piperidine rings is 1. The number of carbonyl (C=O) groups is 2. The lowest BCUT2D eigenvalue weighted by atomic mass is 9.98. The summed E-state index contributed by atoms with van der Waals surface area (Å²) in [5, 5.41) is 13.6. The molecule has 21 heavy (non-hydrogen) atoms. The van der Waals surface area contributed by atoms with Crippen molar-refractivity contribution in [3.05, 3.63) is 17.5 Å². The van der Waals surface area contributed by atoms with Crippen molar-refractivity contribution < 1.29 is 14.7 Å². The Morgan fingerprint density at radius 1 is 1.48 bits per heavy atom. The molecule has 0 radical (unpaired) electrons. The van der Waals surface area contributed by atoms with Crippen molar-refractivity contribution in [2.45, 2.75) is 46.1 Å². The molecular formula is C15H23N3O3. The van der Waals surface area contributed by atoms with E-state index in [4.69, 9.17) is 5.11 Å². The number of carbonyl (C=O) groups excluding carboxylic acids is 1. The molecule has 0 bridgehead atoms. The van der Waals surface area contributed by atoms with Crippen molar-refractivity contribution in [2.75, 3.05) is 13.1 Å². The molecule has 1 amide bonds. The number of rotatable bonds is 4. The van der Waals surface area contributed by atoms with Crippen LogP contribution in [0.15, 0.2) is 6.07 Å². The number of carboxylic acid groups (broad SMARTS) is 1. The third kappa shape index (κ3) is 3.25. The zero-order valence-corrected chi connectivity index (χ0v) is 12.9. The predicted octanol–water partition coefficient (Wildman–Crippen LogP) is 1.96. The Hall–Kier alpha value is -1.85. The molecule has 1 aliphatic rings. The van der Waals surface area contributed by atoms with Gasteiger partial charge < -0.3 is 10.0 Å². The second-order valence-electron chi connectivity index (χ2n) is 5.85. The molecule has 1 atom stereocenters. The molecule has 0 aromatic carbocycles. The van der Waals surface area contributed by atoms with E-state index < -0.39 is 11.9 Å². The van der Waals surface area contributed by atoms with Crippen molar-refractivity contribution in [1.29, 1.82) is 0 Å². The smallest absolute Gasteiger partial charge is 0.308 e. The molecule has 116 valence electrons. The summed E-state index contributed by atoms with van der Waals surface area (Å²) in [7, 11) is 0. The van der Waals surface area contributed by atoms with Gasteiger partial charge in [-0.3, -0.25) is 14.3 Å². The van der Waals surface area contributed by atoms with Gasteiger partial charge >= 0.3 is 5.97 Å². The maximum atomic E-state index is 12.7. The van der Waals surface area contributed by atoms with E-state index in [9.17, 15) is 9.59 Å². The number of aryl methyl sites for hydroxylation is 1. The first-order valence-electron chi connectivity index (χ1n) is 7.53. The van der Waals surface area contributed by atoms with Gasteiger partial charge in [-0.25, -0.2) is 0 Å². The minimum atomic E-state index is -0.820. The molecule has 2 rings (SSSR count). The topological polar surface area (TPSA) is 75.4 Å². The maximum Gasteiger partial charge on any atom is 0.308 e. The fraction of sp³-hybridized carbons (Fsp3) is 0.667. The molecule has 6 heteroatoms. The Kier molecular flexibility index (Phi) is 4.65. The highest BCUT2D eigenvalue weighted by molar-refractivity contribution is 5.93. The lowest BCUT2D eigenvalue weighted by molar-refractivity contribution is -0.143. The molecule has 1 saturated heterocycles. The lowest BCUT2D eigenvalue weighted by Gasteiger charge is -2.30. The van der Waals surface area contributed by atoms with Crippen molar-refractivity contribution in [1.82, 2.24) is 14.7 Å². The summed E-state index contributed by atoms with van der Waals surface area (Å²) in [6, 6.07) is 1.83. The van der Waals surface area contributed by atoms with E-state index in [1.165, 1.54) is 0 Å². The molecule has 1 fully saturated rings. The Labute approximate surface area is 124 Å². The average molecular weight is 293 g/mol. The third-order valence-electron chi connectivity index (χ3n) is 3.97. The number of hydrogen-bond donors (Lipinski definition) is 1. The second kappa shape index (κ2) is 6.28. The average Bonchev–Trinajstić information content (AvgIpc) is 2.91. The minimum absolute atomic E-state index is 0.109. The highest BCUT2D eigenvalue weighted by Crippen LogP contribution is 2.21. The van der Waals surface area contributed by atoms with E-state index in [-0.39, 0.29) is 11.8 Å². The van der Waals surface area contributed by atoms with Gasteiger partial charge in [0.2, 0.25) is 0 Å². The first-order chi connectivity index (χ1) is 9.93. The van der Waals surface area contributed by atoms with Crippen LogP contribution in [-0.4, -0.2) is 44.8 Å². The Morgan fingerprint density at radius 2 is 2.19 bits per heavy atom. The number of aromatic nitrogens is 2. The van der Waals surface area contributed by atoms with E-state index in [1.807, 2.05) is 26.8 Å². The van der Waals surface area contributed by atoms with Crippen molar-refractivity contribution in [3.63, 3.8) is 0 Å². The highest BCUT2D eigenvalue weighted by atomic mass is 16.4. The van der Waals surface area contributed by atoms with Gasteiger partial charge in [0.1, 0.15) is 5.69 Å². The van der Waals surface area contributed by atoms with E-state index in [0.29, 0.717) is 31.7 Å². The summed E-state index contributed by atoms with van der Waals surface area (Å²) < 4.78 is 1.71. The zero-order valence-electron chi connectivity index (χ0n) is 12.9. The normalized spacial score (nSPS) is 19.0. The van der Waals surface area contributed by atoms with Crippen LogP contribution in [0.1, 0.15) is 55.7 Å². The van der Waals surface area contributed by atoms with E-state index in [0.717, 1.165) is 12.1 Å². The lowest BCUT2D eigenvalue weighted by Crippen LogP contribution is -2.43. The summed E-state index contributed by atoms with van der Waals surface area (Å²) in [5.74, 6) is -1.12. The van der Waals surface area contributed by atoms with Gasteiger partial charge in [0.05, 0.1) is 11.6 Å². The monoisotopic (exact) mass is 293 g/mol. The molecule has 0 unspecified atom stereocenters. The number of aliphatic carboxylic acids is 1. The molecule has 0 aliphatic carbocycles. The van der Waals surface area contributed by atoms with Gasteiger partial charge in [0, 0.05) is 19.6 Å². The number of hydrogen-bond acceptors (Lipinski definition) is 3. The fourth-order valence-electron chi connectivity index (χ4n) is 2.66. The zero-order chi connectivity index (χ0) is 15.6. The van der Waals surface area contributed by atoms with Crippen LogP contribution in [0.25, 0.3) is 0 Å². The predicted molar refractivity (Wildman–Crippen MR) is 78.3 cm³/mol. The molecule has 1 aromatic rings. The molecule has 0 saturated carbocycles. The molecule has 0 spiro atoms. The van der Waals surface area contributed by atoms with Crippen LogP contribution in [0.2, 0.25) is 0 Å². The third-order valence-corrected chi connectivity index (χ3v) is 3.97. The van der Waals surface area contributed by atoms with Crippen LogP contribution in [-0.2, 0) is 11.3 Å². The van der Waals surface area contributed by atoms with E-state index in [1.54, 1.807) is 9.58 Å². The fourth-order valence-corrected chi connectivity index (χ4v) is 2.66. The summed E-state index contributed by atoms with van der Waals surface area (Å²) >= 11 is 0. The molecule has 6 nitrogen and oxygen atoms in total. The second-order valence-corrected chi connectivity index (χ2v) is 5.85. The SMILES string of the molecule is CCn1nc(C(C)C)cc1C(=O)N1CCC[C@H](C(=O)O)C1. The standard InChI is InChI=1S/C15H23N3O3/c1-4-18-13(8-12(16-18)10(2)3)14(19)17-7-5-6-11(9-17)15(20)21/h8,10-11H,4-7,9H2,1-3H3,(H,20,21)/t11-/m0/s1. The van der Waals surface area contributed by atoms with Crippen molar-refractivity contribution in [2.24, 2.45) is 5.92 Å². The number of likely N-dealkylation sites (tertiary alicyclic amines) is 1. The molecule has 2 heterocycles. The van der Waals surface area contributed by atoms with E-state index in [2.05, 4.69) is 5.10 Å². The molecule has 1 N–H and O–H groups in total. The summed E-state index contributed by atoms with van der Waals surface area (Å²) in [6.45, 7) is 7.57. The number of carboxylic acids is 1. The Balaban J connectivity index is 2.21. The summed E-state index contributed by atoms with van der Waals surface area (Å²) in [4.78, 5) is 25.4. The summed E-state index contributed by atoms with van der Waals surface area (Å²) in [5.41, 5.74) is 1.46. The molecule has 1 aromatic heterocycles. The summed E-state index contributed by atoms with van der Waals surface area (Å²) in [6.07, 6.45) is 1.38. The van der Waals surface area contributed by atoms with Gasteiger partial charge in [0.15, 0.2) is 0 Å². The van der Waals surface area contributed by atoms with Gasteiger partial charge in [0.25, 0.3) is 5.91 Å². The van der Waals surface area contributed by atoms with Crippen molar-refractivity contribution in [3.8, 4) is 0 Å². The maximum absolute atomic E-state index is 12.7. The van der Waals surface area contributed by atoms with Crippen LogP contribution < -0.4 is 0 Å². The Morgan fingerprint density at radius 3 is 2.76 bits per heavy atom. The Bertz CT molecular complexity index is 536. The first-order valence-corrected chi connectivity index (χ1v) is 7.53. The van der Waals surface area contributed by atoms with Crippen LogP contribution >= 0.6 is 0 Å². The van der Waals surface area contributed by atoms with Crippen molar-refractivity contribution >= 4 is 11.9 Å². The number of amides is 1. The van der Waals surface area contributed by atoms with Gasteiger partial charge in [-0.15, -0.1) is 0 Å².